The third-order valence-corrected chi connectivity index (χ3v) is 6.64. The maximum atomic E-state index is 2.29. The summed E-state index contributed by atoms with van der Waals surface area (Å²) in [7, 11) is 2.57. The van der Waals surface area contributed by atoms with Gasteiger partial charge in [-0.05, 0) is 25.2 Å². The van der Waals surface area contributed by atoms with Gasteiger partial charge in [-0.1, -0.05) is 81.8 Å². The van der Waals surface area contributed by atoms with Crippen molar-refractivity contribution < 1.29 is 0 Å². The Morgan fingerprint density at radius 3 is 1.25 bits per heavy atom. The van der Waals surface area contributed by atoms with E-state index in [1.807, 2.05) is 0 Å². The minimum Gasteiger partial charge on any atom is -0.0992 e. The third kappa shape index (κ3) is 14.9. The van der Waals surface area contributed by atoms with E-state index in [9.17, 15) is 0 Å². The van der Waals surface area contributed by atoms with Gasteiger partial charge in [0, 0.05) is 0 Å². The fraction of sp³-hybridized carbons (Fsp3) is 1.00. The van der Waals surface area contributed by atoms with Crippen LogP contribution in [0.25, 0.3) is 0 Å². The highest BCUT2D eigenvalue weighted by Gasteiger charge is 1.92. The molecule has 0 aliphatic heterocycles. The van der Waals surface area contributed by atoms with Crippen LogP contribution >= 0.6 is 16.5 Å². The lowest BCUT2D eigenvalue weighted by Gasteiger charge is -2.02. The molecule has 0 spiro atoms. The van der Waals surface area contributed by atoms with Crippen molar-refractivity contribution in [3.05, 3.63) is 0 Å². The van der Waals surface area contributed by atoms with Crippen LogP contribution in [0, 0.1) is 0 Å². The molecule has 0 aliphatic rings. The predicted octanol–water partition coefficient (Wildman–Crippen LogP) is 6.20. The summed E-state index contributed by atoms with van der Waals surface area (Å²) in [6.07, 6.45) is 17.6. The van der Waals surface area contributed by atoms with Crippen molar-refractivity contribution in [3.8, 4) is 0 Å². The Hall–Kier alpha value is 0.860. The minimum absolute atomic E-state index is 1.28. The molecule has 0 aromatic heterocycles. The van der Waals surface area contributed by atoms with E-state index >= 15 is 0 Å². The van der Waals surface area contributed by atoms with E-state index in [-0.39, 0.29) is 0 Å². The molecule has 0 heterocycles. The normalized spacial score (nSPS) is 12.4. The van der Waals surface area contributed by atoms with Crippen LogP contribution in [0.4, 0.5) is 0 Å². The highest BCUT2D eigenvalue weighted by molar-refractivity contribution is 8.11. The van der Waals surface area contributed by atoms with E-state index in [4.69, 9.17) is 0 Å². The average molecular weight is 262 g/mol. The van der Waals surface area contributed by atoms with Crippen LogP contribution in [-0.2, 0) is 0 Å². The van der Waals surface area contributed by atoms with E-state index in [1.165, 1.54) is 93.1 Å². The summed E-state index contributed by atoms with van der Waals surface area (Å²) < 4.78 is 0. The largest absolute Gasteiger partial charge is 0.0992 e. The summed E-state index contributed by atoms with van der Waals surface area (Å²) >= 11 is 0. The van der Waals surface area contributed by atoms with Gasteiger partial charge in [0.15, 0.2) is 0 Å². The van der Waals surface area contributed by atoms with Gasteiger partial charge in [-0.25, -0.2) is 0 Å². The second kappa shape index (κ2) is 15.9. The summed E-state index contributed by atoms with van der Waals surface area (Å²) in [5.74, 6) is 0. The molecule has 0 amide bonds. The molecule has 0 saturated carbocycles. The molecule has 0 radical (unpaired) electrons. The fourth-order valence-corrected chi connectivity index (χ4v) is 5.14. The molecular weight excluding hydrogens is 230 g/mol. The Balaban J connectivity index is 2.83. The van der Waals surface area contributed by atoms with Crippen LogP contribution in [0.1, 0.15) is 78.1 Å². The maximum Gasteiger partial charge on any atom is -0.0317 e. The maximum absolute atomic E-state index is 2.29. The van der Waals surface area contributed by atoms with E-state index < -0.39 is 0 Å². The summed E-state index contributed by atoms with van der Waals surface area (Å²) in [5, 5.41) is 0. The third-order valence-electron chi connectivity index (χ3n) is 2.94. The number of rotatable bonds is 13. The standard InChI is InChI=1S/C14H32P2/c1-3-5-7-9-11-13-15-16-14-12-10-8-6-4-2/h15-16H,3-14H2,1-2H3. The summed E-state index contributed by atoms with van der Waals surface area (Å²) in [6, 6.07) is 0. The molecule has 98 valence electrons. The zero-order valence-electron chi connectivity index (χ0n) is 11.5. The molecule has 0 aromatic carbocycles. The van der Waals surface area contributed by atoms with Gasteiger partial charge in [-0.2, -0.15) is 0 Å². The molecular formula is C14H32P2. The van der Waals surface area contributed by atoms with E-state index in [0.717, 1.165) is 0 Å². The second-order valence-corrected chi connectivity index (χ2v) is 8.51. The van der Waals surface area contributed by atoms with Crippen molar-refractivity contribution >= 4 is 16.5 Å². The Bertz CT molecular complexity index is 101. The summed E-state index contributed by atoms with van der Waals surface area (Å²) in [5.41, 5.74) is 0. The van der Waals surface area contributed by atoms with Crippen molar-refractivity contribution in [2.24, 2.45) is 0 Å². The highest BCUT2D eigenvalue weighted by Crippen LogP contribution is 2.38. The second-order valence-electron chi connectivity index (χ2n) is 4.68. The Kier molecular flexibility index (Phi) is 16.7. The van der Waals surface area contributed by atoms with Gasteiger partial charge in [0.25, 0.3) is 0 Å². The monoisotopic (exact) mass is 262 g/mol. The van der Waals surface area contributed by atoms with Crippen LogP contribution in [0.5, 0.6) is 0 Å². The minimum atomic E-state index is 1.28. The average Bonchev–Trinajstić information content (AvgIpc) is 2.31. The lowest BCUT2D eigenvalue weighted by atomic mass is 10.2. The van der Waals surface area contributed by atoms with Crippen LogP contribution in [0.2, 0.25) is 0 Å². The molecule has 2 heteroatoms. The van der Waals surface area contributed by atoms with Gasteiger partial charge in [0.1, 0.15) is 0 Å². The first-order valence-corrected chi connectivity index (χ1v) is 10.8. The predicted molar refractivity (Wildman–Crippen MR) is 83.9 cm³/mol. The molecule has 0 aromatic rings. The van der Waals surface area contributed by atoms with Crippen LogP contribution in [0.15, 0.2) is 0 Å². The lowest BCUT2D eigenvalue weighted by molar-refractivity contribution is 0.658. The topological polar surface area (TPSA) is 0 Å². The van der Waals surface area contributed by atoms with Crippen LogP contribution in [-0.4, -0.2) is 12.3 Å². The smallest absolute Gasteiger partial charge is 0.0317 e. The Labute approximate surface area is 107 Å². The Morgan fingerprint density at radius 1 is 0.500 bits per heavy atom. The summed E-state index contributed by atoms with van der Waals surface area (Å²) in [4.78, 5) is 0. The molecule has 0 N–H and O–H groups in total. The number of unbranched alkanes of at least 4 members (excludes halogenated alkanes) is 8. The fourth-order valence-electron chi connectivity index (χ4n) is 1.81. The van der Waals surface area contributed by atoms with Crippen LogP contribution < -0.4 is 0 Å². The molecule has 2 atom stereocenters. The van der Waals surface area contributed by atoms with Gasteiger partial charge >= 0.3 is 0 Å². The Morgan fingerprint density at radius 2 is 0.875 bits per heavy atom. The van der Waals surface area contributed by atoms with Gasteiger partial charge in [-0.15, -0.1) is 0 Å². The molecule has 16 heavy (non-hydrogen) atoms. The highest BCUT2D eigenvalue weighted by atomic mass is 32.0. The first-order valence-electron chi connectivity index (χ1n) is 7.37. The van der Waals surface area contributed by atoms with Gasteiger partial charge in [0.2, 0.25) is 0 Å². The van der Waals surface area contributed by atoms with Crippen LogP contribution in [0.3, 0.4) is 0 Å². The van der Waals surface area contributed by atoms with Crippen molar-refractivity contribution in [2.75, 3.05) is 12.3 Å². The van der Waals surface area contributed by atoms with Crippen molar-refractivity contribution in [2.45, 2.75) is 78.1 Å². The molecule has 0 bridgehead atoms. The molecule has 0 fully saturated rings. The first-order chi connectivity index (χ1) is 7.91. The van der Waals surface area contributed by atoms with Crippen molar-refractivity contribution in [1.29, 1.82) is 0 Å². The molecule has 0 saturated heterocycles. The lowest BCUT2D eigenvalue weighted by Crippen LogP contribution is -1.80. The van der Waals surface area contributed by atoms with Gasteiger partial charge in [0.05, 0.1) is 0 Å². The quantitative estimate of drug-likeness (QED) is 0.274. The molecule has 2 unspecified atom stereocenters. The molecule has 0 rings (SSSR count). The molecule has 0 aliphatic carbocycles. The van der Waals surface area contributed by atoms with E-state index in [2.05, 4.69) is 13.8 Å². The zero-order valence-corrected chi connectivity index (χ0v) is 13.5. The zero-order chi connectivity index (χ0) is 11.9. The van der Waals surface area contributed by atoms with E-state index in [1.54, 1.807) is 0 Å². The van der Waals surface area contributed by atoms with E-state index in [0.29, 0.717) is 0 Å². The molecule has 0 nitrogen and oxygen atoms in total. The number of hydrogen-bond donors (Lipinski definition) is 0. The number of hydrogen-bond acceptors (Lipinski definition) is 0. The first kappa shape index (κ1) is 16.9. The van der Waals surface area contributed by atoms with Gasteiger partial charge < -0.3 is 0 Å². The summed E-state index contributed by atoms with van der Waals surface area (Å²) in [6.45, 7) is 4.59. The van der Waals surface area contributed by atoms with Crippen molar-refractivity contribution in [3.63, 3.8) is 0 Å². The van der Waals surface area contributed by atoms with Crippen molar-refractivity contribution in [1.82, 2.24) is 0 Å². The van der Waals surface area contributed by atoms with Gasteiger partial charge in [-0.3, -0.25) is 0 Å². The SMILES string of the molecule is CCCCCCCPPCCCCCCC.